The zero-order chi connectivity index (χ0) is 15.2. The molecular weight excluding hydrogens is 332 g/mol. The van der Waals surface area contributed by atoms with E-state index in [0.29, 0.717) is 13.2 Å². The number of nitrogens with zero attached hydrogens (tertiary/aromatic N) is 2. The molecule has 0 atom stereocenters. The van der Waals surface area contributed by atoms with Crippen molar-refractivity contribution in [3.63, 3.8) is 0 Å². The fourth-order valence-electron chi connectivity index (χ4n) is 2.04. The third-order valence-corrected chi connectivity index (χ3v) is 3.73. The van der Waals surface area contributed by atoms with Gasteiger partial charge in [-0.1, -0.05) is 28.9 Å². The van der Waals surface area contributed by atoms with Gasteiger partial charge in [0, 0.05) is 24.0 Å². The summed E-state index contributed by atoms with van der Waals surface area (Å²) >= 11 is 3.49. The van der Waals surface area contributed by atoms with Crippen LogP contribution >= 0.6 is 15.9 Å². The summed E-state index contributed by atoms with van der Waals surface area (Å²) in [4.78, 5) is 0. The largest absolute Gasteiger partial charge is 0.493 e. The Hall–Kier alpha value is -1.49. The molecule has 114 valence electrons. The van der Waals surface area contributed by atoms with Crippen molar-refractivity contribution in [3.05, 3.63) is 41.2 Å². The maximum Gasteiger partial charge on any atom is 0.130 e. The van der Waals surface area contributed by atoms with Gasteiger partial charge in [0.2, 0.25) is 0 Å². The van der Waals surface area contributed by atoms with Crippen LogP contribution in [-0.2, 0) is 19.0 Å². The molecule has 1 heterocycles. The number of rotatable bonds is 7. The maximum atomic E-state index is 5.96. The Balaban J connectivity index is 2.11. The van der Waals surface area contributed by atoms with Crippen LogP contribution in [0.3, 0.4) is 0 Å². The van der Waals surface area contributed by atoms with Gasteiger partial charge in [0.15, 0.2) is 0 Å². The standard InChI is InChI=1S/C16H21BrN2O2/c1-4-7-20-15-6-5-13(10-17)16(9-15)21-11-14-8-12(2)18-19(14)3/h5-6,8-9H,4,7,10-11H2,1-3H3. The lowest BCUT2D eigenvalue weighted by atomic mass is 10.2. The minimum absolute atomic E-state index is 0.495. The van der Waals surface area contributed by atoms with Gasteiger partial charge in [-0.15, -0.1) is 0 Å². The minimum Gasteiger partial charge on any atom is -0.493 e. The Morgan fingerprint density at radius 2 is 2.05 bits per heavy atom. The van der Waals surface area contributed by atoms with Crippen molar-refractivity contribution in [2.24, 2.45) is 7.05 Å². The lowest BCUT2D eigenvalue weighted by molar-refractivity contribution is 0.285. The molecule has 2 aromatic rings. The second-order valence-electron chi connectivity index (χ2n) is 4.94. The van der Waals surface area contributed by atoms with Crippen LogP contribution in [0.4, 0.5) is 0 Å². The zero-order valence-corrected chi connectivity index (χ0v) is 14.3. The monoisotopic (exact) mass is 352 g/mol. The Labute approximate surface area is 134 Å². The maximum absolute atomic E-state index is 5.96. The van der Waals surface area contributed by atoms with Crippen molar-refractivity contribution in [1.29, 1.82) is 0 Å². The van der Waals surface area contributed by atoms with Gasteiger partial charge in [0.1, 0.15) is 18.1 Å². The highest BCUT2D eigenvalue weighted by Crippen LogP contribution is 2.27. The van der Waals surface area contributed by atoms with Gasteiger partial charge in [0.05, 0.1) is 18.0 Å². The van der Waals surface area contributed by atoms with Crippen molar-refractivity contribution in [3.8, 4) is 11.5 Å². The van der Waals surface area contributed by atoms with Gasteiger partial charge >= 0.3 is 0 Å². The summed E-state index contributed by atoms with van der Waals surface area (Å²) in [6, 6.07) is 8.00. The number of ether oxygens (including phenoxy) is 2. The molecule has 0 aliphatic rings. The molecule has 0 aliphatic carbocycles. The van der Waals surface area contributed by atoms with E-state index in [1.54, 1.807) is 0 Å². The second-order valence-corrected chi connectivity index (χ2v) is 5.50. The average Bonchev–Trinajstić information content (AvgIpc) is 2.81. The van der Waals surface area contributed by atoms with Crippen LogP contribution in [0, 0.1) is 6.92 Å². The summed E-state index contributed by atoms with van der Waals surface area (Å²) in [5.41, 5.74) is 3.16. The molecule has 0 unspecified atom stereocenters. The first-order chi connectivity index (χ1) is 10.1. The van der Waals surface area contributed by atoms with E-state index in [-0.39, 0.29) is 0 Å². The lowest BCUT2D eigenvalue weighted by Gasteiger charge is -2.12. The lowest BCUT2D eigenvalue weighted by Crippen LogP contribution is -2.04. The van der Waals surface area contributed by atoms with Crippen LogP contribution in [0.1, 0.15) is 30.3 Å². The van der Waals surface area contributed by atoms with Gasteiger partial charge in [-0.2, -0.15) is 5.10 Å². The number of aryl methyl sites for hydroxylation is 2. The summed E-state index contributed by atoms with van der Waals surface area (Å²) in [6.45, 7) is 5.28. The summed E-state index contributed by atoms with van der Waals surface area (Å²) in [7, 11) is 1.93. The molecule has 4 nitrogen and oxygen atoms in total. The third-order valence-electron chi connectivity index (χ3n) is 3.13. The summed E-state index contributed by atoms with van der Waals surface area (Å²) in [5, 5.41) is 5.08. The van der Waals surface area contributed by atoms with Crippen LogP contribution in [-0.4, -0.2) is 16.4 Å². The zero-order valence-electron chi connectivity index (χ0n) is 12.7. The van der Waals surface area contributed by atoms with E-state index in [0.717, 1.165) is 40.2 Å². The van der Waals surface area contributed by atoms with Crippen LogP contribution in [0.15, 0.2) is 24.3 Å². The summed E-state index contributed by atoms with van der Waals surface area (Å²) < 4.78 is 13.5. The molecule has 0 amide bonds. The molecule has 1 aromatic heterocycles. The van der Waals surface area contributed by atoms with E-state index < -0.39 is 0 Å². The predicted molar refractivity (Wildman–Crippen MR) is 87.1 cm³/mol. The van der Waals surface area contributed by atoms with Crippen LogP contribution in [0.2, 0.25) is 0 Å². The van der Waals surface area contributed by atoms with Crippen molar-refractivity contribution in [2.45, 2.75) is 32.2 Å². The number of hydrogen-bond donors (Lipinski definition) is 0. The number of aromatic nitrogens is 2. The SMILES string of the molecule is CCCOc1ccc(CBr)c(OCc2cc(C)nn2C)c1. The molecular formula is C16H21BrN2O2. The number of benzene rings is 1. The normalized spacial score (nSPS) is 10.7. The Morgan fingerprint density at radius 1 is 1.24 bits per heavy atom. The van der Waals surface area contributed by atoms with Gasteiger partial charge in [-0.3, -0.25) is 4.68 Å². The van der Waals surface area contributed by atoms with E-state index >= 15 is 0 Å². The van der Waals surface area contributed by atoms with E-state index in [2.05, 4.69) is 28.0 Å². The van der Waals surface area contributed by atoms with Crippen molar-refractivity contribution >= 4 is 15.9 Å². The first kappa shape index (κ1) is 15.9. The molecule has 0 saturated heterocycles. The average molecular weight is 353 g/mol. The molecule has 5 heteroatoms. The first-order valence-electron chi connectivity index (χ1n) is 7.08. The first-order valence-corrected chi connectivity index (χ1v) is 8.20. The molecule has 0 bridgehead atoms. The van der Waals surface area contributed by atoms with Gasteiger partial charge < -0.3 is 9.47 Å². The molecule has 21 heavy (non-hydrogen) atoms. The quantitative estimate of drug-likeness (QED) is 0.706. The summed E-state index contributed by atoms with van der Waals surface area (Å²) in [5.74, 6) is 1.69. The molecule has 2 rings (SSSR count). The van der Waals surface area contributed by atoms with Crippen molar-refractivity contribution < 1.29 is 9.47 Å². The highest BCUT2D eigenvalue weighted by atomic mass is 79.9. The van der Waals surface area contributed by atoms with Gasteiger partial charge in [0.25, 0.3) is 0 Å². The molecule has 0 radical (unpaired) electrons. The molecule has 0 spiro atoms. The van der Waals surface area contributed by atoms with E-state index in [9.17, 15) is 0 Å². The molecule has 0 aliphatic heterocycles. The van der Waals surface area contributed by atoms with Gasteiger partial charge in [-0.05, 0) is 25.5 Å². The highest BCUT2D eigenvalue weighted by Gasteiger charge is 2.08. The summed E-state index contributed by atoms with van der Waals surface area (Å²) in [6.07, 6.45) is 0.991. The number of alkyl halides is 1. The third kappa shape index (κ3) is 4.24. The van der Waals surface area contributed by atoms with E-state index in [4.69, 9.17) is 9.47 Å². The highest BCUT2D eigenvalue weighted by molar-refractivity contribution is 9.08. The fourth-order valence-corrected chi connectivity index (χ4v) is 2.50. The van der Waals surface area contributed by atoms with Crippen LogP contribution in [0.25, 0.3) is 0 Å². The Morgan fingerprint density at radius 3 is 2.67 bits per heavy atom. The van der Waals surface area contributed by atoms with E-state index in [1.807, 2.05) is 42.9 Å². The van der Waals surface area contributed by atoms with Gasteiger partial charge in [-0.25, -0.2) is 0 Å². The number of hydrogen-bond acceptors (Lipinski definition) is 3. The predicted octanol–water partition coefficient (Wildman–Crippen LogP) is 3.99. The van der Waals surface area contributed by atoms with Crippen molar-refractivity contribution in [1.82, 2.24) is 9.78 Å². The smallest absolute Gasteiger partial charge is 0.130 e. The Kier molecular flexibility index (Phi) is 5.67. The minimum atomic E-state index is 0.495. The molecule has 0 fully saturated rings. The van der Waals surface area contributed by atoms with E-state index in [1.165, 1.54) is 0 Å². The van der Waals surface area contributed by atoms with Crippen LogP contribution < -0.4 is 9.47 Å². The second kappa shape index (κ2) is 7.50. The number of halogens is 1. The molecule has 0 N–H and O–H groups in total. The Bertz CT molecular complexity index is 596. The molecule has 1 aromatic carbocycles. The van der Waals surface area contributed by atoms with Crippen molar-refractivity contribution in [2.75, 3.05) is 6.61 Å². The van der Waals surface area contributed by atoms with Crippen LogP contribution in [0.5, 0.6) is 11.5 Å². The topological polar surface area (TPSA) is 36.3 Å². The molecule has 0 saturated carbocycles. The fraction of sp³-hybridized carbons (Fsp3) is 0.438.